The second-order valence-electron chi connectivity index (χ2n) is 1.93. The SMILES string of the molecule is FC(F)c1nc(Cl)cc(I)c1Br. The summed E-state index contributed by atoms with van der Waals surface area (Å²) in [5.74, 6) is 0. The van der Waals surface area contributed by atoms with Crippen LogP contribution in [0.3, 0.4) is 0 Å². The van der Waals surface area contributed by atoms with Crippen LogP contribution in [0.1, 0.15) is 12.1 Å². The van der Waals surface area contributed by atoms with Crippen molar-refractivity contribution in [2.75, 3.05) is 0 Å². The highest BCUT2D eigenvalue weighted by Crippen LogP contribution is 2.30. The van der Waals surface area contributed by atoms with Crippen molar-refractivity contribution in [3.8, 4) is 0 Å². The molecule has 0 amide bonds. The Kier molecular flexibility index (Phi) is 3.66. The third-order valence-electron chi connectivity index (χ3n) is 1.11. The molecule has 6 heteroatoms. The van der Waals surface area contributed by atoms with Crippen LogP contribution in [0.2, 0.25) is 5.15 Å². The fourth-order valence-electron chi connectivity index (χ4n) is 0.631. The van der Waals surface area contributed by atoms with Gasteiger partial charge in [-0.25, -0.2) is 13.8 Å². The summed E-state index contributed by atoms with van der Waals surface area (Å²) in [6, 6.07) is 1.51. The van der Waals surface area contributed by atoms with Crippen LogP contribution in [0.5, 0.6) is 0 Å². The van der Waals surface area contributed by atoms with Gasteiger partial charge in [0.25, 0.3) is 6.43 Å². The first kappa shape index (κ1) is 10.6. The standard InChI is InChI=1S/C6H2BrClF2IN/c7-4-2(11)1-3(8)12-5(4)6(9)10/h1,6H. The molecule has 1 aromatic heterocycles. The van der Waals surface area contributed by atoms with Crippen molar-refractivity contribution in [2.24, 2.45) is 0 Å². The zero-order valence-electron chi connectivity index (χ0n) is 5.49. The van der Waals surface area contributed by atoms with Gasteiger partial charge in [-0.2, -0.15) is 0 Å². The molecule has 0 saturated heterocycles. The molecule has 1 nitrogen and oxygen atoms in total. The molecule has 1 heterocycles. The van der Waals surface area contributed by atoms with Crippen LogP contribution >= 0.6 is 50.1 Å². The van der Waals surface area contributed by atoms with Gasteiger partial charge in [-0.15, -0.1) is 0 Å². The summed E-state index contributed by atoms with van der Waals surface area (Å²) in [7, 11) is 0. The number of hydrogen-bond donors (Lipinski definition) is 0. The minimum Gasteiger partial charge on any atom is -0.234 e. The molecule has 0 aromatic carbocycles. The van der Waals surface area contributed by atoms with Crippen LogP contribution in [0.4, 0.5) is 8.78 Å². The van der Waals surface area contributed by atoms with Crippen molar-refractivity contribution < 1.29 is 8.78 Å². The second kappa shape index (κ2) is 4.15. The van der Waals surface area contributed by atoms with E-state index in [1.165, 1.54) is 6.07 Å². The van der Waals surface area contributed by atoms with Crippen LogP contribution in [0.15, 0.2) is 10.5 Å². The molecule has 1 aromatic rings. The summed E-state index contributed by atoms with van der Waals surface area (Å²) in [5.41, 5.74) is -0.313. The highest BCUT2D eigenvalue weighted by atomic mass is 127. The largest absolute Gasteiger partial charge is 0.281 e. The normalized spacial score (nSPS) is 10.8. The lowest BCUT2D eigenvalue weighted by molar-refractivity contribution is 0.145. The van der Waals surface area contributed by atoms with Crippen molar-refractivity contribution in [3.05, 3.63) is 25.0 Å². The summed E-state index contributed by atoms with van der Waals surface area (Å²) in [6.45, 7) is 0. The molecule has 0 aliphatic rings. The van der Waals surface area contributed by atoms with Crippen LogP contribution < -0.4 is 0 Å². The van der Waals surface area contributed by atoms with Gasteiger partial charge in [0.05, 0.1) is 4.47 Å². The van der Waals surface area contributed by atoms with Gasteiger partial charge in [0.1, 0.15) is 10.8 Å². The van der Waals surface area contributed by atoms with Crippen LogP contribution in [0, 0.1) is 3.57 Å². The minimum absolute atomic E-state index is 0.0814. The molecule has 0 bridgehead atoms. The number of halogens is 5. The van der Waals surface area contributed by atoms with E-state index in [1.54, 1.807) is 0 Å². The van der Waals surface area contributed by atoms with Crippen molar-refractivity contribution in [1.82, 2.24) is 4.98 Å². The van der Waals surface area contributed by atoms with Crippen molar-refractivity contribution in [3.63, 3.8) is 0 Å². The van der Waals surface area contributed by atoms with E-state index in [4.69, 9.17) is 11.6 Å². The first-order valence-corrected chi connectivity index (χ1v) is 5.07. The minimum atomic E-state index is -2.61. The summed E-state index contributed by atoms with van der Waals surface area (Å²) in [6.07, 6.45) is -2.61. The first-order chi connectivity index (χ1) is 5.52. The molecule has 0 N–H and O–H groups in total. The number of aromatic nitrogens is 1. The highest BCUT2D eigenvalue weighted by molar-refractivity contribution is 14.1. The maximum atomic E-state index is 12.2. The fraction of sp³-hybridized carbons (Fsp3) is 0.167. The Hall–Kier alpha value is 0.510. The number of nitrogens with zero attached hydrogens (tertiary/aromatic N) is 1. The molecule has 12 heavy (non-hydrogen) atoms. The van der Waals surface area contributed by atoms with Gasteiger partial charge < -0.3 is 0 Å². The smallest absolute Gasteiger partial charge is 0.234 e. The van der Waals surface area contributed by atoms with Gasteiger partial charge in [0, 0.05) is 3.57 Å². The van der Waals surface area contributed by atoms with E-state index in [0.29, 0.717) is 8.04 Å². The van der Waals surface area contributed by atoms with Gasteiger partial charge >= 0.3 is 0 Å². The quantitative estimate of drug-likeness (QED) is 0.539. The molecule has 0 unspecified atom stereocenters. The third kappa shape index (κ3) is 2.26. The molecular formula is C6H2BrClF2IN. The van der Waals surface area contributed by atoms with E-state index in [1.807, 2.05) is 22.6 Å². The van der Waals surface area contributed by atoms with Gasteiger partial charge in [-0.05, 0) is 44.6 Å². The van der Waals surface area contributed by atoms with Crippen LogP contribution in [0.25, 0.3) is 0 Å². The highest BCUT2D eigenvalue weighted by Gasteiger charge is 2.16. The summed E-state index contributed by atoms with van der Waals surface area (Å²) in [4.78, 5) is 3.50. The Bertz CT molecular complexity index is 308. The average Bonchev–Trinajstić information content (AvgIpc) is 1.96. The third-order valence-corrected chi connectivity index (χ3v) is 3.73. The van der Waals surface area contributed by atoms with E-state index in [2.05, 4.69) is 20.9 Å². The molecule has 66 valence electrons. The zero-order valence-corrected chi connectivity index (χ0v) is 9.99. The Balaban J connectivity index is 3.28. The monoisotopic (exact) mass is 367 g/mol. The van der Waals surface area contributed by atoms with Crippen molar-refractivity contribution in [2.45, 2.75) is 6.43 Å². The second-order valence-corrected chi connectivity index (χ2v) is 4.27. The first-order valence-electron chi connectivity index (χ1n) is 2.82. The molecular weight excluding hydrogens is 366 g/mol. The van der Waals surface area contributed by atoms with E-state index in [-0.39, 0.29) is 10.8 Å². The average molecular weight is 368 g/mol. The van der Waals surface area contributed by atoms with Gasteiger partial charge in [0.2, 0.25) is 0 Å². The number of alkyl halides is 2. The molecule has 0 fully saturated rings. The van der Waals surface area contributed by atoms with Crippen LogP contribution in [-0.2, 0) is 0 Å². The lowest BCUT2D eigenvalue weighted by Crippen LogP contribution is -1.94. The van der Waals surface area contributed by atoms with E-state index >= 15 is 0 Å². The Morgan fingerprint density at radius 3 is 2.67 bits per heavy atom. The van der Waals surface area contributed by atoms with E-state index < -0.39 is 6.43 Å². The zero-order chi connectivity index (χ0) is 9.30. The lowest BCUT2D eigenvalue weighted by atomic mass is 10.4. The Labute approximate surface area is 94.8 Å². The van der Waals surface area contributed by atoms with E-state index in [9.17, 15) is 8.78 Å². The summed E-state index contributed by atoms with van der Waals surface area (Å²) >= 11 is 10.4. The maximum absolute atomic E-state index is 12.2. The molecule has 1 rings (SSSR count). The number of hydrogen-bond acceptors (Lipinski definition) is 1. The molecule has 0 atom stereocenters. The van der Waals surface area contributed by atoms with Gasteiger partial charge in [-0.1, -0.05) is 11.6 Å². The fourth-order valence-corrected chi connectivity index (χ4v) is 1.96. The van der Waals surface area contributed by atoms with E-state index in [0.717, 1.165) is 0 Å². The topological polar surface area (TPSA) is 12.9 Å². The van der Waals surface area contributed by atoms with Gasteiger partial charge in [-0.3, -0.25) is 0 Å². The number of pyridine rings is 1. The van der Waals surface area contributed by atoms with Crippen molar-refractivity contribution in [1.29, 1.82) is 0 Å². The maximum Gasteiger partial charge on any atom is 0.281 e. The van der Waals surface area contributed by atoms with Crippen LogP contribution in [-0.4, -0.2) is 4.98 Å². The summed E-state index contributed by atoms with van der Waals surface area (Å²) in [5, 5.41) is 0.0814. The molecule has 0 radical (unpaired) electrons. The summed E-state index contributed by atoms with van der Waals surface area (Å²) < 4.78 is 25.4. The molecule has 0 saturated carbocycles. The lowest BCUT2D eigenvalue weighted by Gasteiger charge is -2.04. The molecule has 0 aliphatic heterocycles. The number of rotatable bonds is 1. The Morgan fingerprint density at radius 1 is 1.58 bits per heavy atom. The Morgan fingerprint density at radius 2 is 2.17 bits per heavy atom. The van der Waals surface area contributed by atoms with Gasteiger partial charge in [0.15, 0.2) is 0 Å². The predicted octanol–water partition coefficient (Wildman–Crippen LogP) is 4.04. The predicted molar refractivity (Wildman–Crippen MR) is 54.6 cm³/mol. The molecule has 0 aliphatic carbocycles. The molecule has 0 spiro atoms. The van der Waals surface area contributed by atoms with Crippen molar-refractivity contribution >= 4 is 50.1 Å².